The van der Waals surface area contributed by atoms with E-state index in [1.807, 2.05) is 37.3 Å². The fourth-order valence-corrected chi connectivity index (χ4v) is 3.74. The average Bonchev–Trinajstić information content (AvgIpc) is 3.16. The number of amides is 1. The predicted octanol–water partition coefficient (Wildman–Crippen LogP) is 4.68. The molecule has 0 aliphatic carbocycles. The molecule has 28 heavy (non-hydrogen) atoms. The number of fused-ring (bicyclic) bond motifs is 1. The van der Waals surface area contributed by atoms with Crippen molar-refractivity contribution in [3.63, 3.8) is 0 Å². The zero-order valence-corrected chi connectivity index (χ0v) is 15.9. The second-order valence-electron chi connectivity index (χ2n) is 6.18. The summed E-state index contributed by atoms with van der Waals surface area (Å²) >= 11 is 1.31. The Bertz CT molecular complexity index is 1140. The quantitative estimate of drug-likeness (QED) is 0.501. The number of rotatable bonds is 5. The number of nitrogens with zero attached hydrogens (tertiary/aromatic N) is 3. The van der Waals surface area contributed by atoms with Crippen molar-refractivity contribution >= 4 is 34.3 Å². The standard InChI is InChI=1S/C21H17FN4OS/c1-14(20(27)25-19-9-3-8-18-17(19)7-4-10-23-18)28-21-24-11-12-26(21)16-6-2-5-15(22)13-16/h2-14H,1H3,(H,25,27). The van der Waals surface area contributed by atoms with E-state index in [2.05, 4.69) is 15.3 Å². The van der Waals surface area contributed by atoms with Crippen molar-refractivity contribution in [2.24, 2.45) is 0 Å². The molecule has 0 radical (unpaired) electrons. The van der Waals surface area contributed by atoms with Crippen LogP contribution in [0.2, 0.25) is 0 Å². The van der Waals surface area contributed by atoms with Crippen molar-refractivity contribution in [1.82, 2.24) is 14.5 Å². The molecule has 0 saturated carbocycles. The number of thioether (sulfide) groups is 1. The highest BCUT2D eigenvalue weighted by atomic mass is 32.2. The van der Waals surface area contributed by atoms with Crippen molar-refractivity contribution in [2.45, 2.75) is 17.3 Å². The third kappa shape index (κ3) is 3.75. The van der Waals surface area contributed by atoms with Crippen LogP contribution in [0.3, 0.4) is 0 Å². The van der Waals surface area contributed by atoms with Crippen molar-refractivity contribution < 1.29 is 9.18 Å². The van der Waals surface area contributed by atoms with E-state index >= 15 is 0 Å². The molecule has 4 aromatic rings. The van der Waals surface area contributed by atoms with Gasteiger partial charge in [-0.2, -0.15) is 0 Å². The number of aromatic nitrogens is 3. The minimum absolute atomic E-state index is 0.143. The van der Waals surface area contributed by atoms with E-state index in [-0.39, 0.29) is 11.7 Å². The van der Waals surface area contributed by atoms with Gasteiger partial charge in [0.05, 0.1) is 22.1 Å². The Kier molecular flexibility index (Phi) is 5.08. The molecule has 1 unspecified atom stereocenters. The molecule has 0 spiro atoms. The number of hydrogen-bond donors (Lipinski definition) is 1. The van der Waals surface area contributed by atoms with E-state index in [0.29, 0.717) is 10.8 Å². The molecule has 2 heterocycles. The molecule has 0 saturated heterocycles. The molecule has 5 nitrogen and oxygen atoms in total. The summed E-state index contributed by atoms with van der Waals surface area (Å²) in [4.78, 5) is 21.4. The molecule has 2 aromatic heterocycles. The van der Waals surface area contributed by atoms with Gasteiger partial charge in [0, 0.05) is 24.0 Å². The van der Waals surface area contributed by atoms with Gasteiger partial charge in [0.1, 0.15) is 5.82 Å². The molecule has 1 atom stereocenters. The summed E-state index contributed by atoms with van der Waals surface area (Å²) in [7, 11) is 0. The number of carbonyl (C=O) groups excluding carboxylic acids is 1. The minimum Gasteiger partial charge on any atom is -0.324 e. The molecular weight excluding hydrogens is 375 g/mol. The van der Waals surface area contributed by atoms with Crippen LogP contribution in [0.1, 0.15) is 6.92 Å². The summed E-state index contributed by atoms with van der Waals surface area (Å²) in [6.45, 7) is 1.81. The first-order chi connectivity index (χ1) is 13.6. The molecule has 0 aliphatic heterocycles. The van der Waals surface area contributed by atoms with Crippen LogP contribution in [0, 0.1) is 5.82 Å². The van der Waals surface area contributed by atoms with Gasteiger partial charge in [0.25, 0.3) is 0 Å². The lowest BCUT2D eigenvalue weighted by atomic mass is 10.2. The minimum atomic E-state index is -0.401. The van der Waals surface area contributed by atoms with Crippen LogP contribution in [0.5, 0.6) is 0 Å². The van der Waals surface area contributed by atoms with Crippen LogP contribution in [0.25, 0.3) is 16.6 Å². The summed E-state index contributed by atoms with van der Waals surface area (Å²) in [5.74, 6) is -0.465. The number of nitrogens with one attached hydrogen (secondary N) is 1. The fraction of sp³-hybridized carbons (Fsp3) is 0.0952. The summed E-state index contributed by atoms with van der Waals surface area (Å²) in [5, 5.41) is 4.07. The lowest BCUT2D eigenvalue weighted by molar-refractivity contribution is -0.115. The lowest BCUT2D eigenvalue weighted by Crippen LogP contribution is -2.23. The summed E-state index contributed by atoms with van der Waals surface area (Å²) in [5.41, 5.74) is 2.20. The molecular formula is C21H17FN4OS. The average molecular weight is 392 g/mol. The topological polar surface area (TPSA) is 59.8 Å². The fourth-order valence-electron chi connectivity index (χ4n) is 2.86. The third-order valence-electron chi connectivity index (χ3n) is 4.25. The van der Waals surface area contributed by atoms with Crippen LogP contribution in [0.4, 0.5) is 10.1 Å². The zero-order chi connectivity index (χ0) is 19.5. The maximum absolute atomic E-state index is 13.5. The first kappa shape index (κ1) is 18.2. The number of carbonyl (C=O) groups is 1. The highest BCUT2D eigenvalue weighted by molar-refractivity contribution is 8.00. The number of benzene rings is 2. The van der Waals surface area contributed by atoms with Crippen LogP contribution >= 0.6 is 11.8 Å². The second kappa shape index (κ2) is 7.82. The maximum atomic E-state index is 13.5. The SMILES string of the molecule is CC(Sc1nccn1-c1cccc(F)c1)C(=O)Nc1cccc2ncccc12. The van der Waals surface area contributed by atoms with Gasteiger partial charge in [-0.3, -0.25) is 14.3 Å². The Hall–Kier alpha value is -3.19. The van der Waals surface area contributed by atoms with Gasteiger partial charge < -0.3 is 5.32 Å². The van der Waals surface area contributed by atoms with Crippen LogP contribution in [-0.4, -0.2) is 25.7 Å². The van der Waals surface area contributed by atoms with Crippen molar-refractivity contribution in [3.8, 4) is 5.69 Å². The van der Waals surface area contributed by atoms with Gasteiger partial charge in [-0.05, 0) is 49.4 Å². The smallest absolute Gasteiger partial charge is 0.237 e. The van der Waals surface area contributed by atoms with Crippen molar-refractivity contribution in [3.05, 3.63) is 79.0 Å². The highest BCUT2D eigenvalue weighted by Crippen LogP contribution is 2.27. The van der Waals surface area contributed by atoms with Crippen LogP contribution < -0.4 is 5.32 Å². The molecule has 0 aliphatic rings. The van der Waals surface area contributed by atoms with Crippen molar-refractivity contribution in [1.29, 1.82) is 0 Å². The molecule has 1 N–H and O–H groups in total. The first-order valence-electron chi connectivity index (χ1n) is 8.72. The molecule has 4 rings (SSSR count). The number of hydrogen-bond acceptors (Lipinski definition) is 4. The van der Waals surface area contributed by atoms with Gasteiger partial charge in [-0.1, -0.05) is 23.9 Å². The van der Waals surface area contributed by atoms with E-state index in [1.165, 1.54) is 23.9 Å². The van der Waals surface area contributed by atoms with Gasteiger partial charge in [-0.25, -0.2) is 9.37 Å². The monoisotopic (exact) mass is 392 g/mol. The molecule has 1 amide bonds. The summed E-state index contributed by atoms with van der Waals surface area (Å²) in [6, 6.07) is 15.6. The molecule has 0 bridgehead atoms. The van der Waals surface area contributed by atoms with Crippen molar-refractivity contribution in [2.75, 3.05) is 5.32 Å². The first-order valence-corrected chi connectivity index (χ1v) is 9.60. The van der Waals surface area contributed by atoms with Crippen LogP contribution in [0.15, 0.2) is 78.3 Å². The molecule has 2 aromatic carbocycles. The van der Waals surface area contributed by atoms with E-state index in [0.717, 1.165) is 16.6 Å². The molecule has 140 valence electrons. The van der Waals surface area contributed by atoms with E-state index in [1.54, 1.807) is 35.3 Å². The predicted molar refractivity (Wildman–Crippen MR) is 109 cm³/mol. The Morgan fingerprint density at radius 1 is 1.11 bits per heavy atom. The largest absolute Gasteiger partial charge is 0.324 e. The normalized spacial score (nSPS) is 12.1. The van der Waals surface area contributed by atoms with Gasteiger partial charge in [0.15, 0.2) is 5.16 Å². The Morgan fingerprint density at radius 3 is 2.82 bits per heavy atom. The molecule has 7 heteroatoms. The Balaban J connectivity index is 1.52. The van der Waals surface area contributed by atoms with E-state index < -0.39 is 5.25 Å². The van der Waals surface area contributed by atoms with E-state index in [4.69, 9.17) is 0 Å². The van der Waals surface area contributed by atoms with Gasteiger partial charge >= 0.3 is 0 Å². The van der Waals surface area contributed by atoms with Crippen LogP contribution in [-0.2, 0) is 4.79 Å². The number of anilines is 1. The second-order valence-corrected chi connectivity index (χ2v) is 7.49. The Labute approximate surface area is 165 Å². The zero-order valence-electron chi connectivity index (χ0n) is 15.0. The summed E-state index contributed by atoms with van der Waals surface area (Å²) in [6.07, 6.45) is 5.10. The highest BCUT2D eigenvalue weighted by Gasteiger charge is 2.19. The third-order valence-corrected chi connectivity index (χ3v) is 5.33. The molecule has 0 fully saturated rings. The lowest BCUT2D eigenvalue weighted by Gasteiger charge is -2.14. The van der Waals surface area contributed by atoms with Gasteiger partial charge in [-0.15, -0.1) is 0 Å². The number of pyridine rings is 1. The number of imidazole rings is 1. The number of halogens is 1. The Morgan fingerprint density at radius 2 is 1.96 bits per heavy atom. The maximum Gasteiger partial charge on any atom is 0.237 e. The van der Waals surface area contributed by atoms with E-state index in [9.17, 15) is 9.18 Å². The summed E-state index contributed by atoms with van der Waals surface area (Å²) < 4.78 is 15.3. The van der Waals surface area contributed by atoms with Gasteiger partial charge in [0.2, 0.25) is 5.91 Å².